The molecule has 2 heterocycles. The average molecular weight is 338 g/mol. The maximum Gasteiger partial charge on any atom is 0.191 e. The van der Waals surface area contributed by atoms with Gasteiger partial charge in [-0.15, -0.1) is 11.3 Å². The Morgan fingerprint density at radius 3 is 2.78 bits per heavy atom. The standard InChI is InChI=1S/C17H31N5S/c1-12(2)22-8-6-7-15(11-22)9-19-17(18-5)20-10-16-21-13(3)14(4)23-16/h12,15H,6-11H2,1-5H3,(H2,18,19,20). The molecule has 0 amide bonds. The van der Waals surface area contributed by atoms with Gasteiger partial charge in [0.2, 0.25) is 0 Å². The average Bonchev–Trinajstić information content (AvgIpc) is 2.86. The second-order valence-corrected chi connectivity index (χ2v) is 7.94. The molecule has 130 valence electrons. The number of nitrogens with zero attached hydrogens (tertiary/aromatic N) is 3. The first-order chi connectivity index (χ1) is 11.0. The Hall–Kier alpha value is -1.14. The monoisotopic (exact) mass is 337 g/mol. The summed E-state index contributed by atoms with van der Waals surface area (Å²) in [7, 11) is 1.83. The first kappa shape index (κ1) is 18.2. The summed E-state index contributed by atoms with van der Waals surface area (Å²) in [5.41, 5.74) is 1.13. The third-order valence-corrected chi connectivity index (χ3v) is 5.62. The molecule has 1 atom stereocenters. The van der Waals surface area contributed by atoms with Gasteiger partial charge in [0.1, 0.15) is 5.01 Å². The van der Waals surface area contributed by atoms with Gasteiger partial charge in [-0.05, 0) is 53.0 Å². The van der Waals surface area contributed by atoms with E-state index in [1.165, 1.54) is 30.8 Å². The van der Waals surface area contributed by atoms with Crippen molar-refractivity contribution in [2.45, 2.75) is 53.1 Å². The van der Waals surface area contributed by atoms with Crippen LogP contribution in [0.4, 0.5) is 0 Å². The lowest BCUT2D eigenvalue weighted by Gasteiger charge is -2.35. The number of hydrogen-bond donors (Lipinski definition) is 2. The number of rotatable bonds is 5. The molecule has 6 heteroatoms. The zero-order valence-electron chi connectivity index (χ0n) is 15.1. The van der Waals surface area contributed by atoms with Gasteiger partial charge in [0, 0.05) is 31.1 Å². The van der Waals surface area contributed by atoms with Crippen LogP contribution in [0.3, 0.4) is 0 Å². The Morgan fingerprint density at radius 1 is 1.39 bits per heavy atom. The Morgan fingerprint density at radius 2 is 2.17 bits per heavy atom. The summed E-state index contributed by atoms with van der Waals surface area (Å²) in [4.78, 5) is 12.8. The van der Waals surface area contributed by atoms with Crippen molar-refractivity contribution in [1.82, 2.24) is 20.5 Å². The van der Waals surface area contributed by atoms with Gasteiger partial charge < -0.3 is 15.5 Å². The van der Waals surface area contributed by atoms with Gasteiger partial charge in [-0.3, -0.25) is 4.99 Å². The van der Waals surface area contributed by atoms with Crippen molar-refractivity contribution < 1.29 is 0 Å². The summed E-state index contributed by atoms with van der Waals surface area (Å²) in [6, 6.07) is 0.645. The van der Waals surface area contributed by atoms with E-state index >= 15 is 0 Å². The minimum Gasteiger partial charge on any atom is -0.356 e. The van der Waals surface area contributed by atoms with Gasteiger partial charge >= 0.3 is 0 Å². The zero-order valence-corrected chi connectivity index (χ0v) is 16.0. The first-order valence-corrected chi connectivity index (χ1v) is 9.42. The van der Waals surface area contributed by atoms with Crippen LogP contribution < -0.4 is 10.6 Å². The molecular weight excluding hydrogens is 306 g/mol. The van der Waals surface area contributed by atoms with Gasteiger partial charge in [0.05, 0.1) is 12.2 Å². The zero-order chi connectivity index (χ0) is 16.8. The summed E-state index contributed by atoms with van der Waals surface area (Å²) < 4.78 is 0. The number of nitrogens with one attached hydrogen (secondary N) is 2. The Balaban J connectivity index is 1.76. The lowest BCUT2D eigenvalue weighted by atomic mass is 9.97. The molecule has 0 saturated carbocycles. The van der Waals surface area contributed by atoms with Crippen molar-refractivity contribution in [3.8, 4) is 0 Å². The number of thiazole rings is 1. The Bertz CT molecular complexity index is 504. The predicted molar refractivity (Wildman–Crippen MR) is 99.2 cm³/mol. The highest BCUT2D eigenvalue weighted by Crippen LogP contribution is 2.18. The molecule has 1 aromatic heterocycles. The van der Waals surface area contributed by atoms with E-state index < -0.39 is 0 Å². The first-order valence-electron chi connectivity index (χ1n) is 8.61. The number of hydrogen-bond acceptors (Lipinski definition) is 4. The topological polar surface area (TPSA) is 52.6 Å². The molecule has 0 radical (unpaired) electrons. The van der Waals surface area contributed by atoms with E-state index in [2.05, 4.69) is 53.2 Å². The van der Waals surface area contributed by atoms with Gasteiger partial charge in [-0.1, -0.05) is 0 Å². The molecule has 1 unspecified atom stereocenters. The highest BCUT2D eigenvalue weighted by Gasteiger charge is 2.21. The molecule has 1 aliphatic heterocycles. The highest BCUT2D eigenvalue weighted by molar-refractivity contribution is 7.11. The van der Waals surface area contributed by atoms with Crippen molar-refractivity contribution in [1.29, 1.82) is 0 Å². The fraction of sp³-hybridized carbons (Fsp3) is 0.765. The molecule has 0 aliphatic carbocycles. The SMILES string of the molecule is CN=C(NCc1nc(C)c(C)s1)NCC1CCCN(C(C)C)C1. The van der Waals surface area contributed by atoms with Gasteiger partial charge in [-0.25, -0.2) is 4.98 Å². The van der Waals surface area contributed by atoms with Gasteiger partial charge in [-0.2, -0.15) is 0 Å². The minimum absolute atomic E-state index is 0.645. The largest absolute Gasteiger partial charge is 0.356 e. The van der Waals surface area contributed by atoms with E-state index in [4.69, 9.17) is 0 Å². The third kappa shape index (κ3) is 5.46. The quantitative estimate of drug-likeness (QED) is 0.640. The Kier molecular flexibility index (Phi) is 6.84. The number of aliphatic imine (C=N–C) groups is 1. The summed E-state index contributed by atoms with van der Waals surface area (Å²) in [6.45, 7) is 12.9. The number of aromatic nitrogens is 1. The molecule has 2 N–H and O–H groups in total. The Labute approximate surface area is 144 Å². The minimum atomic E-state index is 0.645. The van der Waals surface area contributed by atoms with E-state index in [0.717, 1.165) is 29.8 Å². The highest BCUT2D eigenvalue weighted by atomic mass is 32.1. The summed E-state index contributed by atoms with van der Waals surface area (Å²) in [5, 5.41) is 7.97. The molecule has 0 aromatic carbocycles. The predicted octanol–water partition coefficient (Wildman–Crippen LogP) is 2.55. The normalized spacial score (nSPS) is 20.1. The van der Waals surface area contributed by atoms with Crippen molar-refractivity contribution >= 4 is 17.3 Å². The van der Waals surface area contributed by atoms with Gasteiger partial charge in [0.15, 0.2) is 5.96 Å². The molecule has 1 aliphatic rings. The molecule has 2 rings (SSSR count). The van der Waals surface area contributed by atoms with Crippen LogP contribution in [0.5, 0.6) is 0 Å². The van der Waals surface area contributed by atoms with E-state index in [0.29, 0.717) is 12.0 Å². The molecule has 23 heavy (non-hydrogen) atoms. The molecular formula is C17H31N5S. The second kappa shape index (κ2) is 8.64. The summed E-state index contributed by atoms with van der Waals surface area (Å²) in [5.74, 6) is 1.58. The number of aryl methyl sites for hydroxylation is 2. The lowest BCUT2D eigenvalue weighted by Crippen LogP contribution is -2.45. The number of guanidine groups is 1. The lowest BCUT2D eigenvalue weighted by molar-refractivity contribution is 0.141. The maximum atomic E-state index is 4.56. The summed E-state index contributed by atoms with van der Waals surface area (Å²) in [6.07, 6.45) is 2.60. The number of piperidine rings is 1. The van der Waals surface area contributed by atoms with E-state index in [1.54, 1.807) is 11.3 Å². The van der Waals surface area contributed by atoms with E-state index in [1.807, 2.05) is 7.05 Å². The van der Waals surface area contributed by atoms with Crippen molar-refractivity contribution in [2.24, 2.45) is 10.9 Å². The van der Waals surface area contributed by atoms with Crippen molar-refractivity contribution in [2.75, 3.05) is 26.7 Å². The second-order valence-electron chi connectivity index (χ2n) is 6.65. The van der Waals surface area contributed by atoms with Crippen LogP contribution in [0.2, 0.25) is 0 Å². The van der Waals surface area contributed by atoms with Crippen LogP contribution in [0.1, 0.15) is 42.3 Å². The smallest absolute Gasteiger partial charge is 0.191 e. The molecule has 0 bridgehead atoms. The van der Waals surface area contributed by atoms with Crippen LogP contribution in [0.25, 0.3) is 0 Å². The molecule has 5 nitrogen and oxygen atoms in total. The fourth-order valence-electron chi connectivity index (χ4n) is 2.97. The molecule has 0 spiro atoms. The van der Waals surface area contributed by atoms with E-state index in [9.17, 15) is 0 Å². The molecule has 1 aromatic rings. The van der Waals surface area contributed by atoms with Crippen LogP contribution in [0.15, 0.2) is 4.99 Å². The molecule has 1 fully saturated rings. The third-order valence-electron chi connectivity index (χ3n) is 4.54. The van der Waals surface area contributed by atoms with E-state index in [-0.39, 0.29) is 0 Å². The van der Waals surface area contributed by atoms with Crippen LogP contribution >= 0.6 is 11.3 Å². The van der Waals surface area contributed by atoms with Crippen LogP contribution in [-0.2, 0) is 6.54 Å². The van der Waals surface area contributed by atoms with Gasteiger partial charge in [0.25, 0.3) is 0 Å². The van der Waals surface area contributed by atoms with Crippen molar-refractivity contribution in [3.05, 3.63) is 15.6 Å². The summed E-state index contributed by atoms with van der Waals surface area (Å²) >= 11 is 1.75. The van der Waals surface area contributed by atoms with Crippen molar-refractivity contribution in [3.63, 3.8) is 0 Å². The van der Waals surface area contributed by atoms with Crippen LogP contribution in [-0.4, -0.2) is 48.6 Å². The number of likely N-dealkylation sites (tertiary alicyclic amines) is 1. The van der Waals surface area contributed by atoms with Crippen LogP contribution in [0, 0.1) is 19.8 Å². The fourth-order valence-corrected chi connectivity index (χ4v) is 3.84. The molecule has 1 saturated heterocycles. The maximum absolute atomic E-state index is 4.56.